The maximum absolute atomic E-state index is 12.9. The number of nitrogens with zero attached hydrogens (tertiary/aromatic N) is 2. The number of esters is 1. The Bertz CT molecular complexity index is 872. The van der Waals surface area contributed by atoms with E-state index < -0.39 is 0 Å². The van der Waals surface area contributed by atoms with Gasteiger partial charge in [0, 0.05) is 44.3 Å². The summed E-state index contributed by atoms with van der Waals surface area (Å²) in [6.45, 7) is 16.2. The molecule has 168 valence electrons. The van der Waals surface area contributed by atoms with Crippen LogP contribution in [-0.4, -0.2) is 49.7 Å². The Kier molecular flexibility index (Phi) is 5.40. The molecule has 4 heteroatoms. The Hall–Kier alpha value is -1.81. The summed E-state index contributed by atoms with van der Waals surface area (Å²) in [6, 6.07) is 6.59. The van der Waals surface area contributed by atoms with Crippen LogP contribution in [0.2, 0.25) is 0 Å². The van der Waals surface area contributed by atoms with E-state index in [9.17, 15) is 4.79 Å². The highest BCUT2D eigenvalue weighted by Gasteiger charge is 2.55. The van der Waals surface area contributed by atoms with Crippen molar-refractivity contribution in [3.63, 3.8) is 0 Å². The molecule has 4 nitrogen and oxygen atoms in total. The normalized spacial score (nSPS) is 36.2. The van der Waals surface area contributed by atoms with Gasteiger partial charge in [-0.1, -0.05) is 31.2 Å². The molecule has 31 heavy (non-hydrogen) atoms. The van der Waals surface area contributed by atoms with Crippen LogP contribution in [0.5, 0.6) is 0 Å². The van der Waals surface area contributed by atoms with Crippen molar-refractivity contribution in [2.75, 3.05) is 37.6 Å². The maximum Gasteiger partial charge on any atom is 0.310 e. The third-order valence-corrected chi connectivity index (χ3v) is 9.06. The number of piperazine rings is 1. The summed E-state index contributed by atoms with van der Waals surface area (Å²) in [7, 11) is 0. The predicted octanol–water partition coefficient (Wildman–Crippen LogP) is 4.74. The lowest BCUT2D eigenvalue weighted by Crippen LogP contribution is -2.50. The van der Waals surface area contributed by atoms with E-state index in [2.05, 4.69) is 55.3 Å². The fourth-order valence-electron chi connectivity index (χ4n) is 6.99. The molecule has 2 aliphatic carbocycles. The molecule has 0 radical (unpaired) electrons. The molecule has 0 bridgehead atoms. The first-order valence-corrected chi connectivity index (χ1v) is 12.3. The van der Waals surface area contributed by atoms with Crippen molar-refractivity contribution >= 4 is 11.7 Å². The summed E-state index contributed by atoms with van der Waals surface area (Å²) in [5, 5.41) is 0. The number of carbonyl (C=O) groups excluding carboxylic acids is 1. The van der Waals surface area contributed by atoms with Gasteiger partial charge in [0.25, 0.3) is 0 Å². The van der Waals surface area contributed by atoms with Gasteiger partial charge in [-0.2, -0.15) is 0 Å². The van der Waals surface area contributed by atoms with Crippen LogP contribution >= 0.6 is 0 Å². The van der Waals surface area contributed by atoms with Crippen molar-refractivity contribution < 1.29 is 9.53 Å². The average Bonchev–Trinajstić information content (AvgIpc) is 3.03. The lowest BCUT2D eigenvalue weighted by Gasteiger charge is -2.50. The van der Waals surface area contributed by atoms with Gasteiger partial charge in [-0.3, -0.25) is 9.69 Å². The van der Waals surface area contributed by atoms with Gasteiger partial charge in [-0.05, 0) is 74.5 Å². The molecular weight excluding hydrogens is 384 g/mol. The first-order chi connectivity index (χ1) is 14.9. The topological polar surface area (TPSA) is 32.8 Å². The van der Waals surface area contributed by atoms with Gasteiger partial charge in [0.15, 0.2) is 0 Å². The van der Waals surface area contributed by atoms with Gasteiger partial charge in [-0.15, -0.1) is 0 Å². The van der Waals surface area contributed by atoms with E-state index in [1.165, 1.54) is 35.2 Å². The van der Waals surface area contributed by atoms with Crippen molar-refractivity contribution in [1.29, 1.82) is 0 Å². The molecule has 2 saturated carbocycles. The van der Waals surface area contributed by atoms with Crippen molar-refractivity contribution in [3.05, 3.63) is 41.5 Å². The van der Waals surface area contributed by atoms with Gasteiger partial charge < -0.3 is 9.64 Å². The minimum atomic E-state index is 0.0385. The number of carbonyl (C=O) groups is 1. The third-order valence-electron chi connectivity index (χ3n) is 9.06. The Balaban J connectivity index is 1.23. The molecule has 2 heterocycles. The van der Waals surface area contributed by atoms with Crippen LogP contribution in [0.25, 0.3) is 0 Å². The molecule has 5 rings (SSSR count). The molecule has 1 aromatic carbocycles. The number of benzene rings is 1. The van der Waals surface area contributed by atoms with Crippen LogP contribution in [0, 0.1) is 37.0 Å². The number of rotatable bonds is 3. The first-order valence-electron chi connectivity index (χ1n) is 12.3. The van der Waals surface area contributed by atoms with Crippen LogP contribution in [0.4, 0.5) is 5.69 Å². The second-order valence-corrected chi connectivity index (χ2v) is 10.9. The molecule has 0 N–H and O–H groups in total. The fraction of sp³-hybridized carbons (Fsp3) is 0.667. The summed E-state index contributed by atoms with van der Waals surface area (Å²) < 4.78 is 5.98. The van der Waals surface area contributed by atoms with Crippen LogP contribution in [0.1, 0.15) is 50.2 Å². The molecule has 4 fully saturated rings. The number of fused-ring (bicyclic) bond motifs is 2. The molecule has 2 aliphatic heterocycles. The second kappa shape index (κ2) is 7.95. The largest absolute Gasteiger partial charge is 0.462 e. The standard InChI is InChI=1S/C27H38N2O2/c1-18-7-5-9-24(20(18)3)29-13-11-28(12-14-29)17-22-21-15-23-19(2)8-6-10-27(23,4)16-25(21)31-26(22)30/h5,7,9,21-23,25H,2,6,8,10-17H2,1,3-4H3/t21-,22+,23-,25+,27+/m1/s1. The highest BCUT2D eigenvalue weighted by Crippen LogP contribution is 2.56. The molecule has 0 amide bonds. The van der Waals surface area contributed by atoms with E-state index in [1.54, 1.807) is 0 Å². The van der Waals surface area contributed by atoms with Gasteiger partial charge in [0.1, 0.15) is 6.10 Å². The molecule has 1 aromatic rings. The Morgan fingerprint density at radius 2 is 1.97 bits per heavy atom. The smallest absolute Gasteiger partial charge is 0.310 e. The summed E-state index contributed by atoms with van der Waals surface area (Å²) in [6.07, 6.45) is 5.91. The second-order valence-electron chi connectivity index (χ2n) is 10.9. The number of hydrogen-bond donors (Lipinski definition) is 0. The summed E-state index contributed by atoms with van der Waals surface area (Å²) in [5.74, 6) is 1.04. The van der Waals surface area contributed by atoms with E-state index in [0.717, 1.165) is 52.0 Å². The summed E-state index contributed by atoms with van der Waals surface area (Å²) in [4.78, 5) is 17.9. The SMILES string of the molecule is C=C1CCC[C@@]2(C)C[C@@H]3OC(=O)[C@@H](CN4CCN(c5cccc(C)c5C)CC4)[C@H]3C[C@H]12. The Morgan fingerprint density at radius 3 is 2.74 bits per heavy atom. The lowest BCUT2D eigenvalue weighted by molar-refractivity contribution is -0.146. The maximum atomic E-state index is 12.9. The highest BCUT2D eigenvalue weighted by molar-refractivity contribution is 5.75. The Labute approximate surface area is 187 Å². The zero-order valence-electron chi connectivity index (χ0n) is 19.5. The lowest BCUT2D eigenvalue weighted by atomic mass is 9.55. The molecule has 5 atom stereocenters. The third kappa shape index (κ3) is 3.71. The molecule has 0 spiro atoms. The molecule has 4 aliphatic rings. The van der Waals surface area contributed by atoms with Crippen LogP contribution in [0.3, 0.4) is 0 Å². The van der Waals surface area contributed by atoms with Gasteiger partial charge in [0.2, 0.25) is 0 Å². The van der Waals surface area contributed by atoms with Crippen LogP contribution in [-0.2, 0) is 9.53 Å². The van der Waals surface area contributed by atoms with Gasteiger partial charge >= 0.3 is 5.97 Å². The number of anilines is 1. The van der Waals surface area contributed by atoms with Crippen LogP contribution in [0.15, 0.2) is 30.4 Å². The molecule has 0 unspecified atom stereocenters. The van der Waals surface area contributed by atoms with Crippen molar-refractivity contribution in [2.24, 2.45) is 23.2 Å². The van der Waals surface area contributed by atoms with Crippen molar-refractivity contribution in [1.82, 2.24) is 4.90 Å². The Morgan fingerprint density at radius 1 is 1.19 bits per heavy atom. The minimum absolute atomic E-state index is 0.0385. The monoisotopic (exact) mass is 422 g/mol. The van der Waals surface area contributed by atoms with Crippen molar-refractivity contribution in [3.8, 4) is 0 Å². The number of ether oxygens (including phenoxy) is 1. The zero-order chi connectivity index (χ0) is 21.8. The summed E-state index contributed by atoms with van der Waals surface area (Å²) in [5.41, 5.74) is 5.81. The van der Waals surface area contributed by atoms with Gasteiger partial charge in [0.05, 0.1) is 5.92 Å². The van der Waals surface area contributed by atoms with E-state index >= 15 is 0 Å². The van der Waals surface area contributed by atoms with E-state index in [4.69, 9.17) is 4.74 Å². The minimum Gasteiger partial charge on any atom is -0.462 e. The van der Waals surface area contributed by atoms with E-state index in [-0.39, 0.29) is 23.4 Å². The molecule has 0 aromatic heterocycles. The number of hydrogen-bond acceptors (Lipinski definition) is 4. The zero-order valence-corrected chi connectivity index (χ0v) is 19.5. The average molecular weight is 423 g/mol. The molecular formula is C27H38N2O2. The molecule has 2 saturated heterocycles. The highest BCUT2D eigenvalue weighted by atomic mass is 16.6. The predicted molar refractivity (Wildman–Crippen MR) is 125 cm³/mol. The van der Waals surface area contributed by atoms with E-state index in [1.807, 2.05) is 0 Å². The number of allylic oxidation sites excluding steroid dienone is 1. The van der Waals surface area contributed by atoms with Crippen LogP contribution < -0.4 is 4.90 Å². The van der Waals surface area contributed by atoms with E-state index in [0.29, 0.717) is 11.8 Å². The number of aryl methyl sites for hydroxylation is 1. The first kappa shape index (κ1) is 21.1. The van der Waals surface area contributed by atoms with Gasteiger partial charge in [-0.25, -0.2) is 0 Å². The fourth-order valence-corrected chi connectivity index (χ4v) is 6.99. The summed E-state index contributed by atoms with van der Waals surface area (Å²) >= 11 is 0. The quantitative estimate of drug-likeness (QED) is 0.520. The van der Waals surface area contributed by atoms with Crippen molar-refractivity contribution in [2.45, 2.75) is 59.0 Å².